The number of halogens is 2. The highest BCUT2D eigenvalue weighted by Gasteiger charge is 2.35. The maximum absolute atomic E-state index is 12.8. The van der Waals surface area contributed by atoms with Gasteiger partial charge in [0.15, 0.2) is 0 Å². The van der Waals surface area contributed by atoms with E-state index in [2.05, 4.69) is 10.2 Å². The van der Waals surface area contributed by atoms with Gasteiger partial charge >= 0.3 is 11.6 Å². The minimum absolute atomic E-state index is 0.142. The average molecular weight is 396 g/mol. The minimum atomic E-state index is -1.29. The van der Waals surface area contributed by atoms with Gasteiger partial charge in [-0.1, -0.05) is 23.2 Å². The fraction of sp³-hybridized carbons (Fsp3) is 0.200. The van der Waals surface area contributed by atoms with Crippen molar-refractivity contribution in [3.8, 4) is 5.69 Å². The number of benzene rings is 1. The van der Waals surface area contributed by atoms with Crippen molar-refractivity contribution in [2.45, 2.75) is 5.92 Å². The van der Waals surface area contributed by atoms with Crippen LogP contribution in [0.5, 0.6) is 0 Å². The zero-order chi connectivity index (χ0) is 19.2. The van der Waals surface area contributed by atoms with E-state index in [1.165, 1.54) is 32.3 Å². The van der Waals surface area contributed by atoms with Crippen LogP contribution in [0.3, 0.4) is 0 Å². The highest BCUT2D eigenvalue weighted by molar-refractivity contribution is 6.42. The lowest BCUT2D eigenvalue weighted by atomic mass is 10.00. The monoisotopic (exact) mass is 395 g/mol. The number of carbonyl (C=O) groups is 2. The number of hydrogen-bond donors (Lipinski definition) is 0. The van der Waals surface area contributed by atoms with E-state index in [4.69, 9.17) is 23.2 Å². The molecule has 1 amide bonds. The van der Waals surface area contributed by atoms with Gasteiger partial charge in [0.2, 0.25) is 5.78 Å². The third-order valence-electron chi connectivity index (χ3n) is 3.78. The summed E-state index contributed by atoms with van der Waals surface area (Å²) in [5.41, 5.74) is -1.75. The topological polar surface area (TPSA) is 107 Å². The van der Waals surface area contributed by atoms with Crippen molar-refractivity contribution in [1.82, 2.24) is 19.4 Å². The largest absolute Gasteiger partial charge is 0.351 e. The summed E-state index contributed by atoms with van der Waals surface area (Å²) in [5, 5.41) is 8.87. The van der Waals surface area contributed by atoms with Gasteiger partial charge in [0.05, 0.1) is 15.7 Å². The first kappa shape index (κ1) is 18.0. The Morgan fingerprint density at radius 3 is 2.38 bits per heavy atom. The lowest BCUT2D eigenvalue weighted by Crippen LogP contribution is -2.46. The molecule has 0 fully saturated rings. The summed E-state index contributed by atoms with van der Waals surface area (Å²) in [6, 6.07) is 4.19. The Morgan fingerprint density at radius 1 is 1.04 bits per heavy atom. The molecular formula is C15H11Cl2N5O4. The average Bonchev–Trinajstić information content (AvgIpc) is 2.60. The second kappa shape index (κ2) is 6.50. The van der Waals surface area contributed by atoms with Crippen molar-refractivity contribution < 1.29 is 9.59 Å². The molecule has 0 aliphatic carbocycles. The Labute approximate surface area is 156 Å². The molecule has 1 aliphatic heterocycles. The first-order valence-corrected chi connectivity index (χ1v) is 7.99. The van der Waals surface area contributed by atoms with Gasteiger partial charge in [0.25, 0.3) is 5.56 Å². The van der Waals surface area contributed by atoms with Crippen LogP contribution < -0.4 is 11.2 Å². The standard InChI is InChI=1S/C15H11Cl2N5O4/c1-20-14(25)12(23)8(6-18-20)11-13(24)22(15(26)21(2)19-11)7-3-4-9(16)10(17)5-7/h3-6,8H,1-2H3. The van der Waals surface area contributed by atoms with E-state index in [0.717, 1.165) is 20.5 Å². The number of hydrogen-bond acceptors (Lipinski definition) is 6. The molecule has 2 aromatic rings. The Morgan fingerprint density at radius 2 is 1.73 bits per heavy atom. The molecule has 2 heterocycles. The van der Waals surface area contributed by atoms with Crippen LogP contribution in [0.1, 0.15) is 11.6 Å². The van der Waals surface area contributed by atoms with E-state index in [1.807, 2.05) is 0 Å². The number of aromatic nitrogens is 3. The molecule has 134 valence electrons. The molecule has 1 unspecified atom stereocenters. The number of carbonyl (C=O) groups excluding carboxylic acids is 2. The van der Waals surface area contributed by atoms with Gasteiger partial charge in [-0.2, -0.15) is 10.2 Å². The molecule has 9 nitrogen and oxygen atoms in total. The van der Waals surface area contributed by atoms with Crippen LogP contribution in [-0.4, -0.2) is 44.3 Å². The van der Waals surface area contributed by atoms with Crippen LogP contribution in [-0.2, 0) is 16.6 Å². The SMILES string of the molecule is CN1N=CC(c2nn(C)c(=O)n(-c3ccc(Cl)c(Cl)c3)c2=O)C(=O)C1=O. The van der Waals surface area contributed by atoms with Gasteiger partial charge in [-0.05, 0) is 18.2 Å². The van der Waals surface area contributed by atoms with E-state index in [9.17, 15) is 19.2 Å². The second-order valence-electron chi connectivity index (χ2n) is 5.47. The van der Waals surface area contributed by atoms with Crippen molar-refractivity contribution in [2.24, 2.45) is 12.1 Å². The molecule has 0 N–H and O–H groups in total. The smallest absolute Gasteiger partial charge is 0.287 e. The lowest BCUT2D eigenvalue weighted by molar-refractivity contribution is -0.144. The third-order valence-corrected chi connectivity index (χ3v) is 4.52. The first-order chi connectivity index (χ1) is 12.2. The predicted octanol–water partition coefficient (Wildman–Crippen LogP) is 0.348. The van der Waals surface area contributed by atoms with E-state index < -0.39 is 28.9 Å². The van der Waals surface area contributed by atoms with E-state index >= 15 is 0 Å². The van der Waals surface area contributed by atoms with Crippen LogP contribution >= 0.6 is 23.2 Å². The molecule has 3 rings (SSSR count). The molecule has 11 heteroatoms. The van der Waals surface area contributed by atoms with E-state index in [1.54, 1.807) is 0 Å². The number of rotatable bonds is 2. The molecule has 0 saturated carbocycles. The minimum Gasteiger partial charge on any atom is -0.287 e. The number of aryl methyl sites for hydroxylation is 1. The van der Waals surface area contributed by atoms with Crippen LogP contribution in [0.4, 0.5) is 0 Å². The highest BCUT2D eigenvalue weighted by atomic mass is 35.5. The quantitative estimate of drug-likeness (QED) is 0.681. The fourth-order valence-electron chi connectivity index (χ4n) is 2.41. The maximum Gasteiger partial charge on any atom is 0.351 e. The zero-order valence-corrected chi connectivity index (χ0v) is 15.0. The third kappa shape index (κ3) is 2.85. The summed E-state index contributed by atoms with van der Waals surface area (Å²) in [7, 11) is 2.63. The van der Waals surface area contributed by atoms with E-state index in [-0.39, 0.29) is 21.4 Å². The Balaban J connectivity index is 2.26. The molecule has 0 saturated heterocycles. The van der Waals surface area contributed by atoms with Gasteiger partial charge in [-0.3, -0.25) is 14.4 Å². The van der Waals surface area contributed by atoms with Crippen molar-refractivity contribution in [3.63, 3.8) is 0 Å². The second-order valence-corrected chi connectivity index (χ2v) is 6.28. The summed E-state index contributed by atoms with van der Waals surface area (Å²) in [4.78, 5) is 49.3. The zero-order valence-electron chi connectivity index (χ0n) is 13.5. The molecule has 26 heavy (non-hydrogen) atoms. The summed E-state index contributed by atoms with van der Waals surface area (Å²) in [5.74, 6) is -3.04. The van der Waals surface area contributed by atoms with Crippen molar-refractivity contribution in [3.05, 3.63) is 54.8 Å². The maximum atomic E-state index is 12.8. The van der Waals surface area contributed by atoms with Crippen LogP contribution in [0.25, 0.3) is 5.69 Å². The van der Waals surface area contributed by atoms with Gasteiger partial charge in [0.1, 0.15) is 11.6 Å². The van der Waals surface area contributed by atoms with Gasteiger partial charge in [0, 0.05) is 20.3 Å². The molecule has 1 aromatic heterocycles. The van der Waals surface area contributed by atoms with Gasteiger partial charge < -0.3 is 0 Å². The van der Waals surface area contributed by atoms with Crippen LogP contribution in [0.2, 0.25) is 10.0 Å². The van der Waals surface area contributed by atoms with E-state index in [0.29, 0.717) is 0 Å². The normalized spacial score (nSPS) is 17.1. The first-order valence-electron chi connectivity index (χ1n) is 7.24. The Bertz CT molecular complexity index is 1090. The van der Waals surface area contributed by atoms with Crippen LogP contribution in [0.15, 0.2) is 32.9 Å². The molecule has 1 aliphatic rings. The lowest BCUT2D eigenvalue weighted by Gasteiger charge is -2.20. The molecule has 1 atom stereocenters. The predicted molar refractivity (Wildman–Crippen MR) is 94.1 cm³/mol. The molecule has 0 bridgehead atoms. The van der Waals surface area contributed by atoms with Crippen molar-refractivity contribution >= 4 is 41.1 Å². The number of amides is 1. The summed E-state index contributed by atoms with van der Waals surface area (Å²) < 4.78 is 1.69. The number of nitrogens with zero attached hydrogens (tertiary/aromatic N) is 5. The van der Waals surface area contributed by atoms with Crippen LogP contribution in [0, 0.1) is 0 Å². The molecule has 0 spiro atoms. The number of likely N-dealkylation sites (N-methyl/N-ethyl adjacent to an activating group) is 1. The highest BCUT2D eigenvalue weighted by Crippen LogP contribution is 2.23. The van der Waals surface area contributed by atoms with Crippen molar-refractivity contribution in [1.29, 1.82) is 0 Å². The Hall–Kier alpha value is -2.78. The number of ketones is 1. The molecule has 0 radical (unpaired) electrons. The molecular weight excluding hydrogens is 385 g/mol. The fourth-order valence-corrected chi connectivity index (χ4v) is 2.71. The summed E-state index contributed by atoms with van der Waals surface area (Å²) >= 11 is 11.8. The van der Waals surface area contributed by atoms with Crippen molar-refractivity contribution in [2.75, 3.05) is 7.05 Å². The number of hydrazone groups is 1. The summed E-state index contributed by atoms with van der Waals surface area (Å²) in [6.07, 6.45) is 1.14. The van der Waals surface area contributed by atoms with Gasteiger partial charge in [-0.25, -0.2) is 19.1 Å². The molecule has 1 aromatic carbocycles. The Kier molecular flexibility index (Phi) is 4.51. The van der Waals surface area contributed by atoms with Gasteiger partial charge in [-0.15, -0.1) is 0 Å². The number of Topliss-reactive ketones (excluding diaryl/α,β-unsaturated/α-hetero) is 1. The summed E-state index contributed by atoms with van der Waals surface area (Å²) in [6.45, 7) is 0.